The molecular weight excluding hydrogens is 304 g/mol. The molecule has 1 fully saturated rings. The van der Waals surface area contributed by atoms with E-state index in [0.717, 1.165) is 6.42 Å². The predicted octanol–water partition coefficient (Wildman–Crippen LogP) is 2.83. The number of likely N-dealkylation sites (tertiary alicyclic amines) is 1. The minimum Gasteiger partial charge on any atom is -0.466 e. The zero-order valence-corrected chi connectivity index (χ0v) is 14.9. The van der Waals surface area contributed by atoms with E-state index in [1.165, 1.54) is 16.7 Å². The Bertz CT molecular complexity index is 578. The number of amides is 2. The number of urea groups is 1. The lowest BCUT2D eigenvalue weighted by Gasteiger charge is -2.30. The number of benzene rings is 1. The number of rotatable bonds is 5. The molecule has 0 spiro atoms. The van der Waals surface area contributed by atoms with Crippen LogP contribution in [0.25, 0.3) is 0 Å². The number of nitrogens with zero attached hydrogens (tertiary/aromatic N) is 1. The fraction of sp³-hybridized carbons (Fsp3) is 0.579. The van der Waals surface area contributed by atoms with E-state index < -0.39 is 0 Å². The summed E-state index contributed by atoms with van der Waals surface area (Å²) < 4.78 is 5.05. The van der Waals surface area contributed by atoms with Crippen molar-refractivity contribution in [3.63, 3.8) is 0 Å². The molecular formula is C19H28N2O3. The molecule has 1 aromatic carbocycles. The second kappa shape index (κ2) is 8.71. The average molecular weight is 332 g/mol. The third-order valence-corrected chi connectivity index (χ3v) is 4.57. The Morgan fingerprint density at radius 2 is 1.96 bits per heavy atom. The van der Waals surface area contributed by atoms with Crippen LogP contribution in [-0.2, 0) is 16.0 Å². The third kappa shape index (κ3) is 4.98. The van der Waals surface area contributed by atoms with E-state index in [9.17, 15) is 9.59 Å². The molecule has 0 saturated carbocycles. The molecule has 0 bridgehead atoms. The van der Waals surface area contributed by atoms with E-state index in [0.29, 0.717) is 39.1 Å². The molecule has 0 atom stereocenters. The van der Waals surface area contributed by atoms with Crippen LogP contribution >= 0.6 is 0 Å². The standard InChI is InChI=1S/C19H28N2O3/c1-4-24-18(22)17-8-11-21(12-9-17)19(23)20-10-7-16-6-5-14(2)13-15(16)3/h5-6,13,17H,4,7-12H2,1-3H3,(H,20,23). The van der Waals surface area contributed by atoms with Crippen LogP contribution in [0.3, 0.4) is 0 Å². The van der Waals surface area contributed by atoms with Gasteiger partial charge in [-0.3, -0.25) is 4.79 Å². The molecule has 2 rings (SSSR count). The zero-order chi connectivity index (χ0) is 17.5. The van der Waals surface area contributed by atoms with E-state index >= 15 is 0 Å². The lowest BCUT2D eigenvalue weighted by Crippen LogP contribution is -2.46. The maximum Gasteiger partial charge on any atom is 0.317 e. The number of piperidine rings is 1. The Morgan fingerprint density at radius 1 is 1.25 bits per heavy atom. The van der Waals surface area contributed by atoms with Crippen molar-refractivity contribution in [2.75, 3.05) is 26.2 Å². The SMILES string of the molecule is CCOC(=O)C1CCN(C(=O)NCCc2ccc(C)cc2C)CC1. The molecule has 2 amide bonds. The third-order valence-electron chi connectivity index (χ3n) is 4.57. The highest BCUT2D eigenvalue weighted by atomic mass is 16.5. The van der Waals surface area contributed by atoms with Gasteiger partial charge in [-0.2, -0.15) is 0 Å². The lowest BCUT2D eigenvalue weighted by molar-refractivity contribution is -0.149. The van der Waals surface area contributed by atoms with Gasteiger partial charge in [-0.15, -0.1) is 0 Å². The van der Waals surface area contributed by atoms with Gasteiger partial charge >= 0.3 is 12.0 Å². The van der Waals surface area contributed by atoms with Crippen LogP contribution < -0.4 is 5.32 Å². The van der Waals surface area contributed by atoms with Gasteiger partial charge in [0, 0.05) is 19.6 Å². The van der Waals surface area contributed by atoms with Crippen molar-refractivity contribution in [2.45, 2.75) is 40.0 Å². The van der Waals surface area contributed by atoms with Gasteiger partial charge in [-0.1, -0.05) is 23.8 Å². The first-order valence-electron chi connectivity index (χ1n) is 8.76. The average Bonchev–Trinajstić information content (AvgIpc) is 2.57. The molecule has 0 radical (unpaired) electrons. The summed E-state index contributed by atoms with van der Waals surface area (Å²) in [4.78, 5) is 25.7. The van der Waals surface area contributed by atoms with Gasteiger partial charge in [0.1, 0.15) is 0 Å². The molecule has 5 nitrogen and oxygen atoms in total. The molecule has 5 heteroatoms. The smallest absolute Gasteiger partial charge is 0.317 e. The minimum atomic E-state index is -0.132. The van der Waals surface area contributed by atoms with Gasteiger partial charge in [-0.25, -0.2) is 4.79 Å². The van der Waals surface area contributed by atoms with Gasteiger partial charge in [-0.05, 0) is 51.2 Å². The number of esters is 1. The van der Waals surface area contributed by atoms with Crippen molar-refractivity contribution >= 4 is 12.0 Å². The fourth-order valence-corrected chi connectivity index (χ4v) is 3.12. The molecule has 132 valence electrons. The van der Waals surface area contributed by atoms with E-state index in [1.807, 2.05) is 6.92 Å². The topological polar surface area (TPSA) is 58.6 Å². The van der Waals surface area contributed by atoms with Crippen molar-refractivity contribution in [3.8, 4) is 0 Å². The summed E-state index contributed by atoms with van der Waals surface area (Å²) >= 11 is 0. The van der Waals surface area contributed by atoms with Crippen molar-refractivity contribution < 1.29 is 14.3 Å². The highest BCUT2D eigenvalue weighted by Gasteiger charge is 2.27. The van der Waals surface area contributed by atoms with Crippen molar-refractivity contribution in [1.29, 1.82) is 0 Å². The normalized spacial score (nSPS) is 15.2. The molecule has 1 aliphatic rings. The van der Waals surface area contributed by atoms with Gasteiger partial charge < -0.3 is 15.0 Å². The van der Waals surface area contributed by atoms with Gasteiger partial charge in [0.25, 0.3) is 0 Å². The fourth-order valence-electron chi connectivity index (χ4n) is 3.12. The van der Waals surface area contributed by atoms with E-state index in [-0.39, 0.29) is 17.9 Å². The Morgan fingerprint density at radius 3 is 2.58 bits per heavy atom. The van der Waals surface area contributed by atoms with Crippen LogP contribution in [0.4, 0.5) is 4.79 Å². The lowest BCUT2D eigenvalue weighted by atomic mass is 9.97. The van der Waals surface area contributed by atoms with E-state index in [2.05, 4.69) is 37.4 Å². The number of carbonyl (C=O) groups is 2. The van der Waals surface area contributed by atoms with Crippen LogP contribution in [0.5, 0.6) is 0 Å². The maximum atomic E-state index is 12.2. The molecule has 1 aliphatic heterocycles. The Hall–Kier alpha value is -2.04. The Balaban J connectivity index is 1.73. The van der Waals surface area contributed by atoms with Crippen molar-refractivity contribution in [2.24, 2.45) is 5.92 Å². The van der Waals surface area contributed by atoms with Crippen LogP contribution in [0, 0.1) is 19.8 Å². The predicted molar refractivity (Wildman–Crippen MR) is 93.9 cm³/mol. The summed E-state index contributed by atoms with van der Waals surface area (Å²) in [6, 6.07) is 6.35. The second-order valence-corrected chi connectivity index (χ2v) is 6.43. The maximum absolute atomic E-state index is 12.2. The number of hydrogen-bond acceptors (Lipinski definition) is 3. The molecule has 0 aromatic heterocycles. The van der Waals surface area contributed by atoms with Crippen molar-refractivity contribution in [1.82, 2.24) is 10.2 Å². The Kier molecular flexibility index (Phi) is 6.64. The summed E-state index contributed by atoms with van der Waals surface area (Å²) in [5, 5.41) is 2.98. The Labute approximate surface area is 144 Å². The summed E-state index contributed by atoms with van der Waals surface area (Å²) in [5.74, 6) is -0.198. The van der Waals surface area contributed by atoms with Crippen LogP contribution in [0.15, 0.2) is 18.2 Å². The number of nitrogens with one attached hydrogen (secondary N) is 1. The zero-order valence-electron chi connectivity index (χ0n) is 14.9. The first kappa shape index (κ1) is 18.3. The molecule has 24 heavy (non-hydrogen) atoms. The number of ether oxygens (including phenoxy) is 1. The van der Waals surface area contributed by atoms with Gasteiger partial charge in [0.2, 0.25) is 0 Å². The minimum absolute atomic E-state index is 0.0397. The first-order valence-corrected chi connectivity index (χ1v) is 8.76. The summed E-state index contributed by atoms with van der Waals surface area (Å²) in [5.41, 5.74) is 3.78. The first-order chi connectivity index (χ1) is 11.5. The number of aryl methyl sites for hydroxylation is 2. The van der Waals surface area contributed by atoms with Crippen LogP contribution in [-0.4, -0.2) is 43.1 Å². The molecule has 0 unspecified atom stereocenters. The van der Waals surface area contributed by atoms with Gasteiger partial charge in [0.15, 0.2) is 0 Å². The number of carbonyl (C=O) groups excluding carboxylic acids is 2. The van der Waals surface area contributed by atoms with E-state index in [4.69, 9.17) is 4.74 Å². The molecule has 1 saturated heterocycles. The van der Waals surface area contributed by atoms with Crippen molar-refractivity contribution in [3.05, 3.63) is 34.9 Å². The highest BCUT2D eigenvalue weighted by Crippen LogP contribution is 2.18. The summed E-state index contributed by atoms with van der Waals surface area (Å²) in [6.07, 6.45) is 2.20. The molecule has 1 heterocycles. The highest BCUT2D eigenvalue weighted by molar-refractivity contribution is 5.76. The second-order valence-electron chi connectivity index (χ2n) is 6.43. The van der Waals surface area contributed by atoms with Gasteiger partial charge in [0.05, 0.1) is 12.5 Å². The van der Waals surface area contributed by atoms with E-state index in [1.54, 1.807) is 4.90 Å². The molecule has 0 aliphatic carbocycles. The summed E-state index contributed by atoms with van der Waals surface area (Å²) in [7, 11) is 0. The molecule has 1 N–H and O–H groups in total. The quantitative estimate of drug-likeness (QED) is 0.844. The van der Waals surface area contributed by atoms with Crippen LogP contribution in [0.2, 0.25) is 0 Å². The molecule has 1 aromatic rings. The van der Waals surface area contributed by atoms with Crippen LogP contribution in [0.1, 0.15) is 36.5 Å². The monoisotopic (exact) mass is 332 g/mol. The summed E-state index contributed by atoms with van der Waals surface area (Å²) in [6.45, 7) is 8.26. The number of hydrogen-bond donors (Lipinski definition) is 1. The largest absolute Gasteiger partial charge is 0.466 e.